The molecule has 1 aromatic carbocycles. The predicted molar refractivity (Wildman–Crippen MR) is 78.9 cm³/mol. The van der Waals surface area contributed by atoms with Gasteiger partial charge < -0.3 is 10.3 Å². The Bertz CT molecular complexity index is 632. The standard InChI is InChI=1S/C16H18N2O2/c1-12-9-11-18-16(20)14(12)15(19)17-10-5-8-13-6-3-2-4-7-13/h2-4,6-7,9,11H,5,8,10H2,1H3,(H,17,19)(H,18,20). The molecule has 1 heterocycles. The fourth-order valence-electron chi connectivity index (χ4n) is 2.09. The van der Waals surface area contributed by atoms with Gasteiger partial charge in [-0.3, -0.25) is 9.59 Å². The SMILES string of the molecule is Cc1cc[nH]c(=O)c1C(=O)NCCCc1ccccc1. The van der Waals surface area contributed by atoms with Crippen LogP contribution in [0.1, 0.15) is 27.9 Å². The van der Waals surface area contributed by atoms with Crippen LogP contribution in [0.2, 0.25) is 0 Å². The lowest BCUT2D eigenvalue weighted by molar-refractivity contribution is 0.0951. The molecule has 0 radical (unpaired) electrons. The smallest absolute Gasteiger partial charge is 0.261 e. The number of aryl methyl sites for hydroxylation is 2. The van der Waals surface area contributed by atoms with Crippen LogP contribution in [0.25, 0.3) is 0 Å². The number of pyridine rings is 1. The van der Waals surface area contributed by atoms with Crippen LogP contribution in [0.15, 0.2) is 47.4 Å². The number of rotatable bonds is 5. The number of H-pyrrole nitrogens is 1. The molecule has 4 heteroatoms. The van der Waals surface area contributed by atoms with Gasteiger partial charge in [-0.2, -0.15) is 0 Å². The largest absolute Gasteiger partial charge is 0.352 e. The Hall–Kier alpha value is -2.36. The minimum Gasteiger partial charge on any atom is -0.352 e. The van der Waals surface area contributed by atoms with Crippen molar-refractivity contribution in [1.82, 2.24) is 10.3 Å². The zero-order chi connectivity index (χ0) is 14.4. The zero-order valence-electron chi connectivity index (χ0n) is 11.5. The molecule has 0 aliphatic rings. The number of hydrogen-bond donors (Lipinski definition) is 2. The molecule has 104 valence electrons. The second-order valence-corrected chi connectivity index (χ2v) is 4.71. The number of carbonyl (C=O) groups excluding carboxylic acids is 1. The molecule has 0 saturated carbocycles. The molecule has 0 atom stereocenters. The van der Waals surface area contributed by atoms with E-state index in [4.69, 9.17) is 0 Å². The van der Waals surface area contributed by atoms with Crippen LogP contribution >= 0.6 is 0 Å². The van der Waals surface area contributed by atoms with Crippen molar-refractivity contribution in [2.75, 3.05) is 6.54 Å². The highest BCUT2D eigenvalue weighted by molar-refractivity contribution is 5.95. The van der Waals surface area contributed by atoms with E-state index in [1.807, 2.05) is 18.2 Å². The van der Waals surface area contributed by atoms with Gasteiger partial charge in [0.05, 0.1) is 0 Å². The van der Waals surface area contributed by atoms with Gasteiger partial charge in [-0.05, 0) is 37.0 Å². The van der Waals surface area contributed by atoms with Crippen LogP contribution in [0.5, 0.6) is 0 Å². The summed E-state index contributed by atoms with van der Waals surface area (Å²) >= 11 is 0. The van der Waals surface area contributed by atoms with E-state index in [-0.39, 0.29) is 17.0 Å². The van der Waals surface area contributed by atoms with E-state index in [2.05, 4.69) is 22.4 Å². The summed E-state index contributed by atoms with van der Waals surface area (Å²) in [6.07, 6.45) is 3.30. The third-order valence-corrected chi connectivity index (χ3v) is 3.17. The third kappa shape index (κ3) is 3.57. The Morgan fingerprint density at radius 1 is 1.20 bits per heavy atom. The molecule has 4 nitrogen and oxygen atoms in total. The maximum atomic E-state index is 12.0. The Kier molecular flexibility index (Phi) is 4.71. The molecule has 0 fully saturated rings. The summed E-state index contributed by atoms with van der Waals surface area (Å²) in [5.74, 6) is -0.308. The number of benzene rings is 1. The summed E-state index contributed by atoms with van der Waals surface area (Å²) in [6.45, 7) is 2.32. The Labute approximate surface area is 117 Å². The van der Waals surface area contributed by atoms with E-state index in [9.17, 15) is 9.59 Å². The van der Waals surface area contributed by atoms with E-state index in [1.54, 1.807) is 19.2 Å². The molecule has 0 bridgehead atoms. The first-order valence-corrected chi connectivity index (χ1v) is 6.69. The van der Waals surface area contributed by atoms with Crippen molar-refractivity contribution in [2.24, 2.45) is 0 Å². The quantitative estimate of drug-likeness (QED) is 0.817. The van der Waals surface area contributed by atoms with E-state index >= 15 is 0 Å². The van der Waals surface area contributed by atoms with Crippen molar-refractivity contribution in [3.63, 3.8) is 0 Å². The molecule has 1 aromatic heterocycles. The number of aromatic nitrogens is 1. The number of nitrogens with one attached hydrogen (secondary N) is 2. The van der Waals surface area contributed by atoms with Crippen LogP contribution in [-0.4, -0.2) is 17.4 Å². The topological polar surface area (TPSA) is 62.0 Å². The van der Waals surface area contributed by atoms with Crippen LogP contribution in [0, 0.1) is 6.92 Å². The van der Waals surface area contributed by atoms with Crippen molar-refractivity contribution in [3.05, 3.63) is 69.6 Å². The van der Waals surface area contributed by atoms with E-state index in [0.29, 0.717) is 12.1 Å². The van der Waals surface area contributed by atoms with E-state index in [1.165, 1.54) is 5.56 Å². The molecule has 0 spiro atoms. The van der Waals surface area contributed by atoms with Gasteiger partial charge in [-0.1, -0.05) is 30.3 Å². The molecule has 0 aliphatic heterocycles. The molecular formula is C16H18N2O2. The van der Waals surface area contributed by atoms with Crippen LogP contribution in [-0.2, 0) is 6.42 Å². The van der Waals surface area contributed by atoms with Crippen molar-refractivity contribution in [3.8, 4) is 0 Å². The first kappa shape index (κ1) is 14.1. The summed E-state index contributed by atoms with van der Waals surface area (Å²) < 4.78 is 0. The molecule has 0 unspecified atom stereocenters. The average molecular weight is 270 g/mol. The second kappa shape index (κ2) is 6.70. The lowest BCUT2D eigenvalue weighted by atomic mass is 10.1. The van der Waals surface area contributed by atoms with Crippen LogP contribution in [0.4, 0.5) is 0 Å². The fraction of sp³-hybridized carbons (Fsp3) is 0.250. The van der Waals surface area contributed by atoms with Crippen molar-refractivity contribution < 1.29 is 4.79 Å². The van der Waals surface area contributed by atoms with Gasteiger partial charge in [0.2, 0.25) is 0 Å². The van der Waals surface area contributed by atoms with Gasteiger partial charge in [-0.15, -0.1) is 0 Å². The maximum Gasteiger partial charge on any atom is 0.261 e. The van der Waals surface area contributed by atoms with Crippen LogP contribution < -0.4 is 10.9 Å². The van der Waals surface area contributed by atoms with E-state index in [0.717, 1.165) is 12.8 Å². The van der Waals surface area contributed by atoms with Crippen molar-refractivity contribution >= 4 is 5.91 Å². The molecule has 0 saturated heterocycles. The maximum absolute atomic E-state index is 12.0. The number of aromatic amines is 1. The molecule has 0 aliphatic carbocycles. The normalized spacial score (nSPS) is 10.2. The lowest BCUT2D eigenvalue weighted by Crippen LogP contribution is -2.31. The third-order valence-electron chi connectivity index (χ3n) is 3.17. The van der Waals surface area contributed by atoms with Gasteiger partial charge in [0, 0.05) is 12.7 Å². The zero-order valence-corrected chi connectivity index (χ0v) is 11.5. The lowest BCUT2D eigenvalue weighted by Gasteiger charge is -2.06. The van der Waals surface area contributed by atoms with Crippen LogP contribution in [0.3, 0.4) is 0 Å². The minimum absolute atomic E-state index is 0.201. The summed E-state index contributed by atoms with van der Waals surface area (Å²) in [5.41, 5.74) is 1.79. The van der Waals surface area contributed by atoms with Gasteiger partial charge in [-0.25, -0.2) is 0 Å². The number of amides is 1. The Morgan fingerprint density at radius 3 is 2.65 bits per heavy atom. The summed E-state index contributed by atoms with van der Waals surface area (Å²) in [6, 6.07) is 11.8. The predicted octanol–water partition coefficient (Wildman–Crippen LogP) is 2.05. The molecule has 2 rings (SSSR count). The number of carbonyl (C=O) groups is 1. The highest BCUT2D eigenvalue weighted by Gasteiger charge is 2.12. The molecule has 2 N–H and O–H groups in total. The second-order valence-electron chi connectivity index (χ2n) is 4.71. The summed E-state index contributed by atoms with van der Waals surface area (Å²) in [4.78, 5) is 26.1. The van der Waals surface area contributed by atoms with E-state index < -0.39 is 0 Å². The highest BCUT2D eigenvalue weighted by atomic mass is 16.2. The summed E-state index contributed by atoms with van der Waals surface area (Å²) in [7, 11) is 0. The Morgan fingerprint density at radius 2 is 1.95 bits per heavy atom. The fourth-order valence-corrected chi connectivity index (χ4v) is 2.09. The first-order valence-electron chi connectivity index (χ1n) is 6.69. The van der Waals surface area contributed by atoms with Crippen molar-refractivity contribution in [1.29, 1.82) is 0 Å². The van der Waals surface area contributed by atoms with Gasteiger partial charge in [0.1, 0.15) is 5.56 Å². The van der Waals surface area contributed by atoms with Crippen molar-refractivity contribution in [2.45, 2.75) is 19.8 Å². The Balaban J connectivity index is 1.86. The molecule has 2 aromatic rings. The molecule has 20 heavy (non-hydrogen) atoms. The highest BCUT2D eigenvalue weighted by Crippen LogP contribution is 2.02. The van der Waals surface area contributed by atoms with Gasteiger partial charge in [0.15, 0.2) is 0 Å². The van der Waals surface area contributed by atoms with Gasteiger partial charge in [0.25, 0.3) is 11.5 Å². The first-order chi connectivity index (χ1) is 9.68. The average Bonchev–Trinajstić information content (AvgIpc) is 2.44. The minimum atomic E-state index is -0.342. The number of hydrogen-bond acceptors (Lipinski definition) is 2. The van der Waals surface area contributed by atoms with Gasteiger partial charge >= 0.3 is 0 Å². The summed E-state index contributed by atoms with van der Waals surface area (Å²) in [5, 5.41) is 2.79. The molecule has 1 amide bonds. The molecular weight excluding hydrogens is 252 g/mol. The monoisotopic (exact) mass is 270 g/mol.